The maximum Gasteiger partial charge on any atom is 0.123 e. The van der Waals surface area contributed by atoms with E-state index in [2.05, 4.69) is 16.5 Å². The van der Waals surface area contributed by atoms with Crippen molar-refractivity contribution in [3.8, 4) is 0 Å². The summed E-state index contributed by atoms with van der Waals surface area (Å²) in [5.41, 5.74) is 4.10. The van der Waals surface area contributed by atoms with Crippen LogP contribution in [0.3, 0.4) is 0 Å². The van der Waals surface area contributed by atoms with Gasteiger partial charge in [0.05, 0.1) is 17.5 Å². The van der Waals surface area contributed by atoms with Crippen LogP contribution in [0.1, 0.15) is 48.4 Å². The SMILES string of the molecule is CN/C=C(/Cc1cc(CC2CC2)nn1C)C(=N)c1ccc(F)cc1[C@@H](C)O. The third kappa shape index (κ3) is 4.63. The van der Waals surface area contributed by atoms with Crippen molar-refractivity contribution in [2.24, 2.45) is 13.0 Å². The fourth-order valence-electron chi connectivity index (χ4n) is 3.32. The molecule has 1 aromatic heterocycles. The van der Waals surface area contributed by atoms with E-state index in [0.29, 0.717) is 17.5 Å². The number of aryl methyl sites for hydroxylation is 1. The Morgan fingerprint density at radius 2 is 2.19 bits per heavy atom. The molecule has 0 saturated heterocycles. The van der Waals surface area contributed by atoms with Crippen molar-refractivity contribution in [1.82, 2.24) is 15.1 Å². The Bertz CT molecular complexity index is 865. The molecule has 0 amide bonds. The van der Waals surface area contributed by atoms with E-state index in [1.807, 2.05) is 11.7 Å². The molecular weight excluding hydrogens is 343 g/mol. The summed E-state index contributed by atoms with van der Waals surface area (Å²) in [5.74, 6) is 0.351. The van der Waals surface area contributed by atoms with Gasteiger partial charge in [-0.2, -0.15) is 5.10 Å². The summed E-state index contributed by atoms with van der Waals surface area (Å²) < 4.78 is 15.5. The molecule has 3 N–H and O–H groups in total. The maximum atomic E-state index is 13.6. The molecule has 0 spiro atoms. The Morgan fingerprint density at radius 1 is 1.44 bits per heavy atom. The first-order valence-electron chi connectivity index (χ1n) is 9.34. The van der Waals surface area contributed by atoms with Gasteiger partial charge in [0, 0.05) is 38.0 Å². The second-order valence-corrected chi connectivity index (χ2v) is 7.32. The predicted octanol–water partition coefficient (Wildman–Crippen LogP) is 3.28. The van der Waals surface area contributed by atoms with Crippen LogP contribution in [-0.2, 0) is 19.9 Å². The van der Waals surface area contributed by atoms with Crippen LogP contribution in [-0.4, -0.2) is 27.6 Å². The quantitative estimate of drug-likeness (QED) is 0.624. The van der Waals surface area contributed by atoms with Gasteiger partial charge in [0.2, 0.25) is 0 Å². The first-order valence-corrected chi connectivity index (χ1v) is 9.34. The van der Waals surface area contributed by atoms with Gasteiger partial charge >= 0.3 is 0 Å². The van der Waals surface area contributed by atoms with Crippen molar-refractivity contribution < 1.29 is 9.50 Å². The fraction of sp³-hybridized carbons (Fsp3) is 0.429. The lowest BCUT2D eigenvalue weighted by Gasteiger charge is -2.16. The number of hydrogen-bond donors (Lipinski definition) is 3. The molecule has 0 unspecified atom stereocenters. The Morgan fingerprint density at radius 3 is 2.81 bits per heavy atom. The molecule has 0 aliphatic heterocycles. The average Bonchev–Trinajstić information content (AvgIpc) is 3.36. The van der Waals surface area contributed by atoms with Crippen molar-refractivity contribution in [2.75, 3.05) is 7.05 Å². The Balaban J connectivity index is 1.87. The smallest absolute Gasteiger partial charge is 0.123 e. The van der Waals surface area contributed by atoms with Crippen molar-refractivity contribution in [1.29, 1.82) is 5.41 Å². The van der Waals surface area contributed by atoms with Crippen LogP contribution < -0.4 is 5.32 Å². The molecule has 1 saturated carbocycles. The first kappa shape index (κ1) is 19.3. The number of aliphatic hydroxyl groups excluding tert-OH is 1. The van der Waals surface area contributed by atoms with Gasteiger partial charge in [-0.05, 0) is 67.5 Å². The lowest BCUT2D eigenvalue weighted by Crippen LogP contribution is -2.14. The van der Waals surface area contributed by atoms with Gasteiger partial charge in [0.15, 0.2) is 0 Å². The molecule has 1 aromatic carbocycles. The van der Waals surface area contributed by atoms with Crippen LogP contribution in [0.5, 0.6) is 0 Å². The topological polar surface area (TPSA) is 73.9 Å². The molecule has 1 heterocycles. The number of benzene rings is 1. The van der Waals surface area contributed by atoms with Gasteiger partial charge < -0.3 is 10.4 Å². The lowest BCUT2D eigenvalue weighted by molar-refractivity contribution is 0.198. The van der Waals surface area contributed by atoms with Gasteiger partial charge in [-0.1, -0.05) is 0 Å². The third-order valence-corrected chi connectivity index (χ3v) is 4.97. The zero-order valence-electron chi connectivity index (χ0n) is 16.1. The second kappa shape index (κ2) is 8.05. The van der Waals surface area contributed by atoms with Crippen LogP contribution in [0.4, 0.5) is 4.39 Å². The monoisotopic (exact) mass is 370 g/mol. The largest absolute Gasteiger partial charge is 0.394 e. The average molecular weight is 370 g/mol. The molecule has 3 rings (SSSR count). The number of aromatic nitrogens is 2. The standard InChI is InChI=1S/C21H27FN4O/c1-13(27)20-10-16(22)6-7-19(20)21(23)15(12-24-2)9-18-11-17(25-26(18)3)8-14-4-5-14/h6-7,10-14,23-24,27H,4-5,8-9H2,1-3H3/b15-12-,23-21?/t13-/m1/s1. The maximum absolute atomic E-state index is 13.6. The van der Waals surface area contributed by atoms with Gasteiger partial charge in [0.1, 0.15) is 5.82 Å². The minimum absolute atomic E-state index is 0.269. The Kier molecular flexibility index (Phi) is 5.75. The molecule has 1 atom stereocenters. The molecule has 0 bridgehead atoms. The normalized spacial score (nSPS) is 15.7. The van der Waals surface area contributed by atoms with Crippen LogP contribution >= 0.6 is 0 Å². The highest BCUT2D eigenvalue weighted by molar-refractivity contribution is 6.11. The van der Waals surface area contributed by atoms with Crippen LogP contribution in [0.25, 0.3) is 0 Å². The summed E-state index contributed by atoms with van der Waals surface area (Å²) in [7, 11) is 3.71. The highest BCUT2D eigenvalue weighted by Crippen LogP contribution is 2.32. The van der Waals surface area contributed by atoms with E-state index in [1.165, 1.54) is 25.0 Å². The van der Waals surface area contributed by atoms with Crippen molar-refractivity contribution in [3.63, 3.8) is 0 Å². The molecule has 1 aliphatic rings. The number of hydrogen-bond acceptors (Lipinski definition) is 4. The second-order valence-electron chi connectivity index (χ2n) is 7.32. The van der Waals surface area contributed by atoms with Gasteiger partial charge in [-0.15, -0.1) is 0 Å². The zero-order valence-corrected chi connectivity index (χ0v) is 16.1. The predicted molar refractivity (Wildman–Crippen MR) is 104 cm³/mol. The fourth-order valence-corrected chi connectivity index (χ4v) is 3.32. The molecule has 144 valence electrons. The minimum atomic E-state index is -0.853. The van der Waals surface area contributed by atoms with Gasteiger partial charge in [-0.3, -0.25) is 10.1 Å². The molecule has 2 aromatic rings. The molecular formula is C21H27FN4O. The summed E-state index contributed by atoms with van der Waals surface area (Å²) in [6, 6.07) is 6.29. The van der Waals surface area contributed by atoms with Crippen LogP contribution in [0.15, 0.2) is 36.0 Å². The number of aliphatic hydroxyl groups is 1. The summed E-state index contributed by atoms with van der Waals surface area (Å²) in [6.45, 7) is 1.58. The van der Waals surface area contributed by atoms with E-state index in [9.17, 15) is 9.50 Å². The number of rotatable bonds is 8. The molecule has 1 aliphatic carbocycles. The van der Waals surface area contributed by atoms with Crippen molar-refractivity contribution in [3.05, 3.63) is 64.4 Å². The third-order valence-electron chi connectivity index (χ3n) is 4.97. The Labute approximate surface area is 159 Å². The van der Waals surface area contributed by atoms with Gasteiger partial charge in [-0.25, -0.2) is 4.39 Å². The van der Waals surface area contributed by atoms with Crippen LogP contribution in [0, 0.1) is 17.1 Å². The van der Waals surface area contributed by atoms with Crippen molar-refractivity contribution >= 4 is 5.71 Å². The van der Waals surface area contributed by atoms with E-state index in [4.69, 9.17) is 5.41 Å². The van der Waals surface area contributed by atoms with E-state index >= 15 is 0 Å². The Hall–Kier alpha value is -2.47. The van der Waals surface area contributed by atoms with Crippen molar-refractivity contribution in [2.45, 2.75) is 38.7 Å². The van der Waals surface area contributed by atoms with E-state index in [0.717, 1.165) is 29.3 Å². The summed E-state index contributed by atoms with van der Waals surface area (Å²) in [5, 5.41) is 26.3. The lowest BCUT2D eigenvalue weighted by atomic mass is 9.93. The molecule has 6 heteroatoms. The zero-order chi connectivity index (χ0) is 19.6. The summed E-state index contributed by atoms with van der Waals surface area (Å²) in [6.07, 6.45) is 5.05. The summed E-state index contributed by atoms with van der Waals surface area (Å²) in [4.78, 5) is 0. The number of nitrogens with one attached hydrogen (secondary N) is 2. The number of nitrogens with zero attached hydrogens (tertiary/aromatic N) is 2. The van der Waals surface area contributed by atoms with E-state index in [-0.39, 0.29) is 5.71 Å². The van der Waals surface area contributed by atoms with E-state index < -0.39 is 11.9 Å². The molecule has 27 heavy (non-hydrogen) atoms. The molecule has 1 fully saturated rings. The van der Waals surface area contributed by atoms with Crippen LogP contribution in [0.2, 0.25) is 0 Å². The first-order chi connectivity index (χ1) is 12.9. The minimum Gasteiger partial charge on any atom is -0.394 e. The molecule has 0 radical (unpaired) electrons. The van der Waals surface area contributed by atoms with Gasteiger partial charge in [0.25, 0.3) is 0 Å². The highest BCUT2D eigenvalue weighted by Gasteiger charge is 2.23. The number of halogens is 1. The molecule has 5 nitrogen and oxygen atoms in total. The highest BCUT2D eigenvalue weighted by atomic mass is 19.1. The number of allylic oxidation sites excluding steroid dienone is 1. The summed E-state index contributed by atoms with van der Waals surface area (Å²) >= 11 is 0. The van der Waals surface area contributed by atoms with E-state index in [1.54, 1.807) is 26.2 Å².